The van der Waals surface area contributed by atoms with Crippen LogP contribution in [0.2, 0.25) is 10.0 Å². The van der Waals surface area contributed by atoms with Crippen LogP contribution in [0.25, 0.3) is 0 Å². The van der Waals surface area contributed by atoms with E-state index < -0.39 is 0 Å². The molecule has 0 amide bonds. The Kier molecular flexibility index (Phi) is 1.92. The van der Waals surface area contributed by atoms with Crippen molar-refractivity contribution in [2.75, 3.05) is 0 Å². The molecule has 0 aliphatic carbocycles. The third-order valence-electron chi connectivity index (χ3n) is 1.00. The predicted octanol–water partition coefficient (Wildman–Crippen LogP) is 2.84. The summed E-state index contributed by atoms with van der Waals surface area (Å²) in [5.41, 5.74) is 0. The average molecular weight is 178 g/mol. The average Bonchev–Trinajstić information content (AvgIpc) is 1.84. The van der Waals surface area contributed by atoms with Crippen molar-refractivity contribution < 1.29 is 10.2 Å². The molecule has 1 N–H and O–H groups in total. The van der Waals surface area contributed by atoms with Crippen LogP contribution in [0.15, 0.2) is 12.1 Å². The molecule has 0 spiro atoms. The standard InChI is InChI=1S/C6H3Cl2O2/c7-3-1-5(9)4(8)2-6(3)10/h1-2,9H. The van der Waals surface area contributed by atoms with Gasteiger partial charge in [-0.25, -0.2) is 0 Å². The van der Waals surface area contributed by atoms with Gasteiger partial charge in [0.1, 0.15) is 5.75 Å². The van der Waals surface area contributed by atoms with Gasteiger partial charge >= 0.3 is 0 Å². The number of phenols is 1. The highest BCUT2D eigenvalue weighted by molar-refractivity contribution is 6.35. The molecule has 0 heterocycles. The van der Waals surface area contributed by atoms with Gasteiger partial charge in [-0.15, -0.1) is 0 Å². The first kappa shape index (κ1) is 7.51. The van der Waals surface area contributed by atoms with E-state index >= 15 is 0 Å². The maximum Gasteiger partial charge on any atom is 0.198 e. The van der Waals surface area contributed by atoms with Gasteiger partial charge in [-0.2, -0.15) is 0 Å². The quantitative estimate of drug-likeness (QED) is 0.651. The van der Waals surface area contributed by atoms with Gasteiger partial charge in [-0.3, -0.25) is 5.11 Å². The van der Waals surface area contributed by atoms with Crippen LogP contribution in [0.1, 0.15) is 0 Å². The molecular formula is C6H3Cl2O2. The molecular weight excluding hydrogens is 175 g/mol. The van der Waals surface area contributed by atoms with Gasteiger partial charge in [0.15, 0.2) is 5.75 Å². The number of hydrogen-bond acceptors (Lipinski definition) is 1. The van der Waals surface area contributed by atoms with E-state index in [1.165, 1.54) is 0 Å². The third kappa shape index (κ3) is 1.28. The minimum Gasteiger partial charge on any atom is -0.506 e. The van der Waals surface area contributed by atoms with E-state index in [-0.39, 0.29) is 21.5 Å². The van der Waals surface area contributed by atoms with Gasteiger partial charge in [0.05, 0.1) is 10.0 Å². The Morgan fingerprint density at radius 3 is 2.30 bits per heavy atom. The van der Waals surface area contributed by atoms with Gasteiger partial charge in [-0.05, 0) is 0 Å². The second-order valence-electron chi connectivity index (χ2n) is 1.73. The van der Waals surface area contributed by atoms with Gasteiger partial charge in [-0.1, -0.05) is 23.2 Å². The summed E-state index contributed by atoms with van der Waals surface area (Å²) in [6.45, 7) is 0. The van der Waals surface area contributed by atoms with Crippen LogP contribution in [0, 0.1) is 0 Å². The molecule has 0 atom stereocenters. The lowest BCUT2D eigenvalue weighted by Crippen LogP contribution is -1.69. The van der Waals surface area contributed by atoms with E-state index in [2.05, 4.69) is 0 Å². The largest absolute Gasteiger partial charge is 0.506 e. The smallest absolute Gasteiger partial charge is 0.198 e. The van der Waals surface area contributed by atoms with Crippen LogP contribution in [-0.2, 0) is 5.11 Å². The van der Waals surface area contributed by atoms with Crippen LogP contribution in [0.3, 0.4) is 0 Å². The van der Waals surface area contributed by atoms with Crippen molar-refractivity contribution in [3.8, 4) is 11.5 Å². The molecule has 4 heteroatoms. The fourth-order valence-electron chi connectivity index (χ4n) is 0.518. The summed E-state index contributed by atoms with van der Waals surface area (Å²) in [4.78, 5) is 0. The number of halogens is 2. The lowest BCUT2D eigenvalue weighted by molar-refractivity contribution is 0.354. The predicted molar refractivity (Wildman–Crippen MR) is 38.3 cm³/mol. The zero-order valence-electron chi connectivity index (χ0n) is 4.77. The summed E-state index contributed by atoms with van der Waals surface area (Å²) in [5, 5.41) is 19.5. The molecule has 1 aromatic rings. The fourth-order valence-corrected chi connectivity index (χ4v) is 0.830. The highest BCUT2D eigenvalue weighted by Crippen LogP contribution is 2.33. The van der Waals surface area contributed by atoms with Crippen molar-refractivity contribution >= 4 is 23.2 Å². The molecule has 0 aliphatic heterocycles. The van der Waals surface area contributed by atoms with Crippen molar-refractivity contribution in [1.29, 1.82) is 0 Å². The molecule has 0 aliphatic rings. The minimum absolute atomic E-state index is 0.0226. The Balaban J connectivity index is 3.28. The Morgan fingerprint density at radius 1 is 1.20 bits per heavy atom. The monoisotopic (exact) mass is 177 g/mol. The van der Waals surface area contributed by atoms with Crippen molar-refractivity contribution in [2.24, 2.45) is 0 Å². The molecule has 10 heavy (non-hydrogen) atoms. The first-order valence-electron chi connectivity index (χ1n) is 2.46. The fraction of sp³-hybridized carbons (Fsp3) is 0. The zero-order chi connectivity index (χ0) is 7.72. The normalized spacial score (nSPS) is 9.80. The highest BCUT2D eigenvalue weighted by Gasteiger charge is 2.05. The van der Waals surface area contributed by atoms with Gasteiger partial charge < -0.3 is 5.11 Å². The number of hydrogen-bond donors (Lipinski definition) is 1. The first-order valence-corrected chi connectivity index (χ1v) is 3.22. The van der Waals surface area contributed by atoms with Crippen molar-refractivity contribution in [1.82, 2.24) is 0 Å². The van der Waals surface area contributed by atoms with E-state index in [9.17, 15) is 5.11 Å². The second-order valence-corrected chi connectivity index (χ2v) is 2.55. The number of phenolic OH excluding ortho intramolecular Hbond substituents is 1. The first-order chi connectivity index (χ1) is 4.61. The van der Waals surface area contributed by atoms with E-state index in [1.54, 1.807) is 0 Å². The SMILES string of the molecule is [O]c1cc(Cl)c(O)cc1Cl. The Morgan fingerprint density at radius 2 is 1.80 bits per heavy atom. The van der Waals surface area contributed by atoms with Crippen molar-refractivity contribution in [3.05, 3.63) is 22.2 Å². The van der Waals surface area contributed by atoms with Gasteiger partial charge in [0.2, 0.25) is 0 Å². The van der Waals surface area contributed by atoms with Crippen molar-refractivity contribution in [2.45, 2.75) is 0 Å². The Hall–Kier alpha value is -0.600. The molecule has 2 nitrogen and oxygen atoms in total. The minimum atomic E-state index is -0.385. The molecule has 0 unspecified atom stereocenters. The maximum absolute atomic E-state index is 10.7. The molecule has 1 rings (SSSR count). The third-order valence-corrected chi connectivity index (χ3v) is 1.60. The Labute approximate surface area is 67.6 Å². The Bertz CT molecular complexity index is 210. The molecule has 53 valence electrons. The molecule has 0 saturated heterocycles. The van der Waals surface area contributed by atoms with E-state index in [0.29, 0.717) is 0 Å². The second kappa shape index (κ2) is 2.56. The lowest BCUT2D eigenvalue weighted by Gasteiger charge is -1.96. The maximum atomic E-state index is 10.7. The van der Waals surface area contributed by atoms with Crippen molar-refractivity contribution in [3.63, 3.8) is 0 Å². The summed E-state index contributed by atoms with van der Waals surface area (Å²) in [5.74, 6) is -0.560. The highest BCUT2D eigenvalue weighted by atomic mass is 35.5. The number of benzene rings is 1. The zero-order valence-corrected chi connectivity index (χ0v) is 6.28. The molecule has 0 saturated carbocycles. The summed E-state index contributed by atoms with van der Waals surface area (Å²) in [6.07, 6.45) is 0. The van der Waals surface area contributed by atoms with Crippen LogP contribution in [0.5, 0.6) is 11.5 Å². The van der Waals surface area contributed by atoms with Crippen LogP contribution in [0.4, 0.5) is 0 Å². The molecule has 0 aromatic heterocycles. The summed E-state index contributed by atoms with van der Waals surface area (Å²) < 4.78 is 0. The summed E-state index contributed by atoms with van der Waals surface area (Å²) in [7, 11) is 0. The molecule has 0 bridgehead atoms. The van der Waals surface area contributed by atoms with Gasteiger partial charge in [0.25, 0.3) is 0 Å². The number of aromatic hydroxyl groups is 1. The topological polar surface area (TPSA) is 40.1 Å². The van der Waals surface area contributed by atoms with E-state index in [1.807, 2.05) is 0 Å². The lowest BCUT2D eigenvalue weighted by atomic mass is 10.3. The molecule has 1 radical (unpaired) electrons. The van der Waals surface area contributed by atoms with Crippen LogP contribution in [-0.4, -0.2) is 5.11 Å². The van der Waals surface area contributed by atoms with Crippen LogP contribution < -0.4 is 0 Å². The van der Waals surface area contributed by atoms with Gasteiger partial charge in [0, 0.05) is 12.1 Å². The molecule has 0 fully saturated rings. The van der Waals surface area contributed by atoms with E-state index in [0.717, 1.165) is 12.1 Å². The number of rotatable bonds is 0. The molecule has 1 aromatic carbocycles. The summed E-state index contributed by atoms with van der Waals surface area (Å²) in [6, 6.07) is 2.19. The van der Waals surface area contributed by atoms with Crippen LogP contribution >= 0.6 is 23.2 Å². The van der Waals surface area contributed by atoms with E-state index in [4.69, 9.17) is 28.3 Å². The summed E-state index contributed by atoms with van der Waals surface area (Å²) >= 11 is 10.7.